The lowest BCUT2D eigenvalue weighted by Crippen LogP contribution is -2.35. The van der Waals surface area contributed by atoms with E-state index in [-0.39, 0.29) is 29.1 Å². The number of hydrogen-bond acceptors (Lipinski definition) is 4. The first-order chi connectivity index (χ1) is 14.7. The Morgan fingerprint density at radius 3 is 2.35 bits per heavy atom. The minimum Gasteiger partial charge on any atom is -0.371 e. The van der Waals surface area contributed by atoms with Gasteiger partial charge in [0.25, 0.3) is 5.91 Å². The zero-order valence-electron chi connectivity index (χ0n) is 17.6. The number of anilines is 2. The number of nitrogens with zero attached hydrogens (tertiary/aromatic N) is 3. The number of sulfonamides is 1. The molecule has 166 valence electrons. The molecule has 0 saturated carbocycles. The molecule has 2 aliphatic heterocycles. The van der Waals surface area contributed by atoms with Gasteiger partial charge in [-0.05, 0) is 49.9 Å². The Kier molecular flexibility index (Phi) is 5.74. The van der Waals surface area contributed by atoms with Crippen molar-refractivity contribution in [1.29, 1.82) is 0 Å². The highest BCUT2D eigenvalue weighted by molar-refractivity contribution is 7.89. The molecule has 31 heavy (non-hydrogen) atoms. The van der Waals surface area contributed by atoms with Gasteiger partial charge in [-0.2, -0.15) is 0 Å². The Morgan fingerprint density at radius 2 is 1.68 bits per heavy atom. The Morgan fingerprint density at radius 1 is 0.968 bits per heavy atom. The minimum absolute atomic E-state index is 0.00597. The van der Waals surface area contributed by atoms with Crippen LogP contribution in [0.15, 0.2) is 35.2 Å². The van der Waals surface area contributed by atoms with Crippen LogP contribution in [-0.4, -0.2) is 52.4 Å². The highest BCUT2D eigenvalue weighted by atomic mass is 32.2. The number of fused-ring (bicyclic) bond motifs is 1. The molecule has 2 aromatic carbocycles. The van der Waals surface area contributed by atoms with Crippen LogP contribution in [0, 0.1) is 11.6 Å². The van der Waals surface area contributed by atoms with Gasteiger partial charge in [-0.1, -0.05) is 0 Å². The summed E-state index contributed by atoms with van der Waals surface area (Å²) in [7, 11) is -0.897. The zero-order valence-corrected chi connectivity index (χ0v) is 18.4. The Bertz CT molecular complexity index is 1130. The van der Waals surface area contributed by atoms with Crippen LogP contribution in [0.4, 0.5) is 20.2 Å². The summed E-state index contributed by atoms with van der Waals surface area (Å²) >= 11 is 0. The standard InChI is InChI=1S/C22H25F2N3O3S/c1-25(2)31(29,30)16-6-7-20(26-9-4-3-5-10-26)18(14-16)22(28)27-11-8-17-19(24)12-15(23)13-21(17)27/h6-7,12-14H,3-5,8-11H2,1-2H3. The van der Waals surface area contributed by atoms with Gasteiger partial charge in [-0.15, -0.1) is 0 Å². The maximum atomic E-state index is 14.2. The summed E-state index contributed by atoms with van der Waals surface area (Å²) in [5.74, 6) is -1.89. The molecule has 0 aromatic heterocycles. The molecule has 0 unspecified atom stereocenters. The molecule has 0 bridgehead atoms. The molecule has 1 amide bonds. The number of amides is 1. The monoisotopic (exact) mass is 449 g/mol. The van der Waals surface area contributed by atoms with E-state index in [2.05, 4.69) is 4.90 Å². The molecule has 0 atom stereocenters. The quantitative estimate of drug-likeness (QED) is 0.718. The summed E-state index contributed by atoms with van der Waals surface area (Å²) in [6, 6.07) is 6.53. The van der Waals surface area contributed by atoms with E-state index in [0.717, 1.165) is 48.8 Å². The van der Waals surface area contributed by atoms with Gasteiger partial charge in [-0.3, -0.25) is 4.79 Å². The average molecular weight is 450 g/mol. The zero-order chi connectivity index (χ0) is 22.3. The van der Waals surface area contributed by atoms with Crippen molar-refractivity contribution < 1.29 is 22.0 Å². The van der Waals surface area contributed by atoms with Crippen molar-refractivity contribution in [3.05, 3.63) is 53.1 Å². The van der Waals surface area contributed by atoms with Gasteiger partial charge < -0.3 is 9.80 Å². The van der Waals surface area contributed by atoms with Crippen LogP contribution in [0.5, 0.6) is 0 Å². The number of piperidine rings is 1. The third-order valence-electron chi connectivity index (χ3n) is 5.93. The fraction of sp³-hybridized carbons (Fsp3) is 0.409. The molecule has 0 spiro atoms. The second-order valence-corrected chi connectivity index (χ2v) is 10.3. The number of carbonyl (C=O) groups excluding carboxylic acids is 1. The van der Waals surface area contributed by atoms with Gasteiger partial charge in [0.15, 0.2) is 0 Å². The van der Waals surface area contributed by atoms with Crippen molar-refractivity contribution in [3.63, 3.8) is 0 Å². The molecule has 6 nitrogen and oxygen atoms in total. The summed E-state index contributed by atoms with van der Waals surface area (Å²) in [4.78, 5) is 17.0. The second kappa shape index (κ2) is 8.20. The molecule has 9 heteroatoms. The smallest absolute Gasteiger partial charge is 0.260 e. The van der Waals surface area contributed by atoms with Gasteiger partial charge in [0.05, 0.1) is 16.1 Å². The first-order valence-corrected chi connectivity index (χ1v) is 11.8. The van der Waals surface area contributed by atoms with Crippen LogP contribution in [0.1, 0.15) is 35.2 Å². The van der Waals surface area contributed by atoms with Crippen molar-refractivity contribution in [3.8, 4) is 0 Å². The lowest BCUT2D eigenvalue weighted by molar-refractivity contribution is 0.0989. The average Bonchev–Trinajstić information content (AvgIpc) is 3.17. The molecular formula is C22H25F2N3O3S. The summed E-state index contributed by atoms with van der Waals surface area (Å²) < 4.78 is 54.5. The van der Waals surface area contributed by atoms with Crippen molar-refractivity contribution in [2.45, 2.75) is 30.6 Å². The van der Waals surface area contributed by atoms with E-state index < -0.39 is 27.6 Å². The maximum Gasteiger partial charge on any atom is 0.260 e. The fourth-order valence-corrected chi connectivity index (χ4v) is 5.18. The summed E-state index contributed by atoms with van der Waals surface area (Å²) in [5.41, 5.74) is 1.37. The van der Waals surface area contributed by atoms with Gasteiger partial charge in [0.2, 0.25) is 10.0 Å². The predicted molar refractivity (Wildman–Crippen MR) is 115 cm³/mol. The van der Waals surface area contributed by atoms with Crippen molar-refractivity contribution in [2.75, 3.05) is 43.5 Å². The molecule has 0 N–H and O–H groups in total. The van der Waals surface area contributed by atoms with Gasteiger partial charge in [0, 0.05) is 51.0 Å². The Hall–Kier alpha value is -2.52. The van der Waals surface area contributed by atoms with E-state index in [1.54, 1.807) is 6.07 Å². The van der Waals surface area contributed by atoms with E-state index in [9.17, 15) is 22.0 Å². The fourth-order valence-electron chi connectivity index (χ4n) is 4.25. The summed E-state index contributed by atoms with van der Waals surface area (Å²) in [6.07, 6.45) is 3.34. The lowest BCUT2D eigenvalue weighted by atomic mass is 10.1. The first-order valence-electron chi connectivity index (χ1n) is 10.3. The van der Waals surface area contributed by atoms with Gasteiger partial charge in [-0.25, -0.2) is 21.5 Å². The van der Waals surface area contributed by atoms with Crippen molar-refractivity contribution >= 4 is 27.3 Å². The largest absolute Gasteiger partial charge is 0.371 e. The number of carbonyl (C=O) groups is 1. The summed E-state index contributed by atoms with van der Waals surface area (Å²) in [5, 5.41) is 0. The second-order valence-electron chi connectivity index (χ2n) is 8.11. The van der Waals surface area contributed by atoms with Crippen molar-refractivity contribution in [1.82, 2.24) is 4.31 Å². The van der Waals surface area contributed by atoms with Crippen LogP contribution < -0.4 is 9.80 Å². The third kappa shape index (κ3) is 3.92. The highest BCUT2D eigenvalue weighted by Crippen LogP contribution is 2.35. The number of benzene rings is 2. The van der Waals surface area contributed by atoms with Gasteiger partial charge >= 0.3 is 0 Å². The molecule has 2 heterocycles. The summed E-state index contributed by atoms with van der Waals surface area (Å²) in [6.45, 7) is 1.73. The minimum atomic E-state index is -3.75. The van der Waals surface area contributed by atoms with Crippen LogP contribution in [0.3, 0.4) is 0 Å². The van der Waals surface area contributed by atoms with E-state index in [4.69, 9.17) is 0 Å². The molecule has 2 aromatic rings. The van der Waals surface area contributed by atoms with E-state index in [1.807, 2.05) is 0 Å². The van der Waals surface area contributed by atoms with E-state index in [0.29, 0.717) is 11.3 Å². The molecule has 1 saturated heterocycles. The predicted octanol–water partition coefficient (Wildman–Crippen LogP) is 3.41. The number of halogens is 2. The first kappa shape index (κ1) is 21.7. The maximum absolute atomic E-state index is 14.2. The van der Waals surface area contributed by atoms with Crippen LogP contribution in [0.2, 0.25) is 0 Å². The molecule has 0 radical (unpaired) electrons. The lowest BCUT2D eigenvalue weighted by Gasteiger charge is -2.31. The third-order valence-corrected chi connectivity index (χ3v) is 7.74. The molecule has 2 aliphatic rings. The van der Waals surface area contributed by atoms with Crippen molar-refractivity contribution in [2.24, 2.45) is 0 Å². The van der Waals surface area contributed by atoms with Gasteiger partial charge in [0.1, 0.15) is 11.6 Å². The van der Waals surface area contributed by atoms with Crippen LogP contribution in [-0.2, 0) is 16.4 Å². The Balaban J connectivity index is 1.81. The Labute approximate surface area is 181 Å². The number of rotatable bonds is 4. The topological polar surface area (TPSA) is 60.9 Å². The normalized spacial score (nSPS) is 16.7. The van der Waals surface area contributed by atoms with E-state index >= 15 is 0 Å². The highest BCUT2D eigenvalue weighted by Gasteiger charge is 2.32. The number of hydrogen-bond donors (Lipinski definition) is 0. The van der Waals surface area contributed by atoms with Crippen LogP contribution in [0.25, 0.3) is 0 Å². The SMILES string of the molecule is CN(C)S(=O)(=O)c1ccc(N2CCCCC2)c(C(=O)N2CCc3c(F)cc(F)cc32)c1. The van der Waals surface area contributed by atoms with E-state index in [1.165, 1.54) is 31.1 Å². The molecule has 1 fully saturated rings. The van der Waals surface area contributed by atoms with Crippen LogP contribution >= 0.6 is 0 Å². The molecule has 4 rings (SSSR count). The molecular weight excluding hydrogens is 424 g/mol. The molecule has 0 aliphatic carbocycles.